The summed E-state index contributed by atoms with van der Waals surface area (Å²) in [5.41, 5.74) is 2.35. The van der Waals surface area contributed by atoms with E-state index >= 15 is 0 Å². The van der Waals surface area contributed by atoms with E-state index in [0.29, 0.717) is 29.6 Å². The molecule has 2 aromatic carbocycles. The molecule has 0 unspecified atom stereocenters. The average molecular weight is 479 g/mol. The second kappa shape index (κ2) is 8.44. The molecule has 0 atom stereocenters. The van der Waals surface area contributed by atoms with Crippen molar-refractivity contribution in [3.05, 3.63) is 63.1 Å². The molecular formula is C22H22BrClFN3O. The van der Waals surface area contributed by atoms with Gasteiger partial charge in [0.15, 0.2) is 0 Å². The number of hydrogen-bond acceptors (Lipinski definition) is 2. The van der Waals surface area contributed by atoms with E-state index in [9.17, 15) is 9.18 Å². The first-order chi connectivity index (χ1) is 14.0. The number of rotatable bonds is 7. The maximum absolute atomic E-state index is 13.6. The first-order valence-electron chi connectivity index (χ1n) is 9.85. The molecule has 3 aromatic rings. The molecule has 4 rings (SSSR count). The summed E-state index contributed by atoms with van der Waals surface area (Å²) in [6, 6.07) is 10.1. The van der Waals surface area contributed by atoms with Crippen molar-refractivity contribution < 1.29 is 9.18 Å². The van der Waals surface area contributed by atoms with E-state index in [4.69, 9.17) is 16.6 Å². The third kappa shape index (κ3) is 4.48. The topological polar surface area (TPSA) is 38.1 Å². The summed E-state index contributed by atoms with van der Waals surface area (Å²) in [4.78, 5) is 19.7. The number of aromatic nitrogens is 2. The normalized spacial score (nSPS) is 13.8. The Morgan fingerprint density at radius 3 is 2.79 bits per heavy atom. The van der Waals surface area contributed by atoms with Crippen LogP contribution in [0.15, 0.2) is 40.9 Å². The monoisotopic (exact) mass is 477 g/mol. The quantitative estimate of drug-likeness (QED) is 0.414. The molecular weight excluding hydrogens is 457 g/mol. The van der Waals surface area contributed by atoms with E-state index in [1.807, 2.05) is 25.1 Å². The highest BCUT2D eigenvalue weighted by atomic mass is 79.9. The molecule has 29 heavy (non-hydrogen) atoms. The molecule has 0 aliphatic heterocycles. The molecule has 0 spiro atoms. The van der Waals surface area contributed by atoms with Crippen molar-refractivity contribution in [1.29, 1.82) is 0 Å². The minimum absolute atomic E-state index is 0.129. The van der Waals surface area contributed by atoms with Gasteiger partial charge in [-0.2, -0.15) is 0 Å². The van der Waals surface area contributed by atoms with Crippen molar-refractivity contribution in [2.75, 3.05) is 6.54 Å². The van der Waals surface area contributed by atoms with E-state index < -0.39 is 0 Å². The van der Waals surface area contributed by atoms with Gasteiger partial charge in [0.05, 0.1) is 22.1 Å². The Bertz CT molecular complexity index is 1060. The van der Waals surface area contributed by atoms with Crippen LogP contribution >= 0.6 is 27.5 Å². The van der Waals surface area contributed by atoms with Crippen molar-refractivity contribution in [3.63, 3.8) is 0 Å². The predicted octanol–water partition coefficient (Wildman–Crippen LogP) is 6.05. The lowest BCUT2D eigenvalue weighted by molar-refractivity contribution is 0.0737. The Morgan fingerprint density at radius 1 is 1.31 bits per heavy atom. The van der Waals surface area contributed by atoms with Crippen LogP contribution in [0.2, 0.25) is 5.02 Å². The highest BCUT2D eigenvalue weighted by molar-refractivity contribution is 9.10. The molecule has 1 aromatic heterocycles. The van der Waals surface area contributed by atoms with E-state index in [-0.39, 0.29) is 16.2 Å². The van der Waals surface area contributed by atoms with Gasteiger partial charge in [-0.1, -0.05) is 18.5 Å². The fourth-order valence-electron chi connectivity index (χ4n) is 3.53. The van der Waals surface area contributed by atoms with Crippen LogP contribution in [0.1, 0.15) is 42.4 Å². The molecule has 0 saturated heterocycles. The van der Waals surface area contributed by atoms with Gasteiger partial charge in [0.2, 0.25) is 0 Å². The van der Waals surface area contributed by atoms with Crippen molar-refractivity contribution >= 4 is 44.5 Å². The predicted molar refractivity (Wildman–Crippen MR) is 117 cm³/mol. The Balaban J connectivity index is 1.67. The molecule has 0 radical (unpaired) electrons. The van der Waals surface area contributed by atoms with Gasteiger partial charge in [-0.05, 0) is 77.5 Å². The highest BCUT2D eigenvalue weighted by Crippen LogP contribution is 2.33. The van der Waals surface area contributed by atoms with E-state index in [0.717, 1.165) is 29.8 Å². The molecule has 1 heterocycles. The highest BCUT2D eigenvalue weighted by Gasteiger charge is 2.26. The molecule has 0 bridgehead atoms. The Kier molecular flexibility index (Phi) is 5.93. The standard InChI is InChI=1S/C22H22BrClFN3O/c1-2-9-27(22(29)15-5-7-18(25)17(23)10-15)13-21-26-19-8-6-16(24)11-20(19)28(21)12-14-3-4-14/h5-8,10-11,14H,2-4,9,12-13H2,1H3. The first kappa shape index (κ1) is 20.4. The second-order valence-electron chi connectivity index (χ2n) is 7.57. The number of benzene rings is 2. The van der Waals surface area contributed by atoms with Crippen LogP contribution in [0.3, 0.4) is 0 Å². The number of nitrogens with zero attached hydrogens (tertiary/aromatic N) is 3. The van der Waals surface area contributed by atoms with Crippen molar-refractivity contribution in [2.24, 2.45) is 5.92 Å². The summed E-state index contributed by atoms with van der Waals surface area (Å²) in [6.07, 6.45) is 3.27. The Morgan fingerprint density at radius 2 is 2.10 bits per heavy atom. The van der Waals surface area contributed by atoms with Crippen molar-refractivity contribution in [2.45, 2.75) is 39.3 Å². The van der Waals surface area contributed by atoms with Gasteiger partial charge in [-0.15, -0.1) is 0 Å². The third-order valence-electron chi connectivity index (χ3n) is 5.21. The molecule has 1 fully saturated rings. The van der Waals surface area contributed by atoms with Crippen LogP contribution in [0.25, 0.3) is 11.0 Å². The molecule has 1 aliphatic rings. The van der Waals surface area contributed by atoms with Gasteiger partial charge in [0.1, 0.15) is 11.6 Å². The average Bonchev–Trinajstić information content (AvgIpc) is 3.46. The van der Waals surface area contributed by atoms with Crippen LogP contribution in [0.4, 0.5) is 4.39 Å². The van der Waals surface area contributed by atoms with Crippen LogP contribution in [0.5, 0.6) is 0 Å². The number of halogens is 3. The maximum atomic E-state index is 13.6. The van der Waals surface area contributed by atoms with E-state index in [1.54, 1.807) is 4.90 Å². The fraction of sp³-hybridized carbons (Fsp3) is 0.364. The zero-order chi connectivity index (χ0) is 20.5. The summed E-state index contributed by atoms with van der Waals surface area (Å²) in [5, 5.41) is 0.679. The van der Waals surface area contributed by atoms with Gasteiger partial charge in [0, 0.05) is 23.7 Å². The summed E-state index contributed by atoms with van der Waals surface area (Å²) in [7, 11) is 0. The molecule has 152 valence electrons. The van der Waals surface area contributed by atoms with Gasteiger partial charge < -0.3 is 9.47 Å². The van der Waals surface area contributed by atoms with Gasteiger partial charge in [-0.25, -0.2) is 9.37 Å². The maximum Gasteiger partial charge on any atom is 0.254 e. The van der Waals surface area contributed by atoms with Crippen LogP contribution < -0.4 is 0 Å². The van der Waals surface area contributed by atoms with Crippen LogP contribution in [-0.2, 0) is 13.1 Å². The summed E-state index contributed by atoms with van der Waals surface area (Å²) >= 11 is 9.40. The minimum Gasteiger partial charge on any atom is -0.331 e. The summed E-state index contributed by atoms with van der Waals surface area (Å²) in [5.74, 6) is 1.01. The number of carbonyl (C=O) groups excluding carboxylic acids is 1. The molecule has 0 N–H and O–H groups in total. The number of amides is 1. The lowest BCUT2D eigenvalue weighted by atomic mass is 10.2. The van der Waals surface area contributed by atoms with Crippen molar-refractivity contribution in [3.8, 4) is 0 Å². The van der Waals surface area contributed by atoms with E-state index in [2.05, 4.69) is 20.5 Å². The Labute approximate surface area is 182 Å². The van der Waals surface area contributed by atoms with Crippen molar-refractivity contribution in [1.82, 2.24) is 14.5 Å². The van der Waals surface area contributed by atoms with Crippen LogP contribution in [0, 0.1) is 11.7 Å². The summed E-state index contributed by atoms with van der Waals surface area (Å²) in [6.45, 7) is 3.93. The fourth-order valence-corrected chi connectivity index (χ4v) is 4.08. The first-order valence-corrected chi connectivity index (χ1v) is 11.0. The lowest BCUT2D eigenvalue weighted by Gasteiger charge is -2.23. The third-order valence-corrected chi connectivity index (χ3v) is 6.05. The molecule has 4 nitrogen and oxygen atoms in total. The lowest BCUT2D eigenvalue weighted by Crippen LogP contribution is -2.32. The second-order valence-corrected chi connectivity index (χ2v) is 8.86. The SMILES string of the molecule is CCCN(Cc1nc2ccc(Cl)cc2n1CC1CC1)C(=O)c1ccc(F)c(Br)c1. The smallest absolute Gasteiger partial charge is 0.254 e. The van der Waals surface area contributed by atoms with E-state index in [1.165, 1.54) is 31.0 Å². The molecule has 1 amide bonds. The number of hydrogen-bond donors (Lipinski definition) is 0. The largest absolute Gasteiger partial charge is 0.331 e. The van der Waals surface area contributed by atoms with Gasteiger partial charge in [-0.3, -0.25) is 4.79 Å². The molecule has 7 heteroatoms. The molecule has 1 saturated carbocycles. The zero-order valence-corrected chi connectivity index (χ0v) is 18.5. The zero-order valence-electron chi connectivity index (χ0n) is 16.2. The van der Waals surface area contributed by atoms with Gasteiger partial charge in [0.25, 0.3) is 5.91 Å². The van der Waals surface area contributed by atoms with Gasteiger partial charge >= 0.3 is 0 Å². The minimum atomic E-state index is -0.383. The summed E-state index contributed by atoms with van der Waals surface area (Å²) < 4.78 is 16.1. The number of carbonyl (C=O) groups is 1. The molecule has 1 aliphatic carbocycles. The van der Waals surface area contributed by atoms with Crippen LogP contribution in [-0.4, -0.2) is 26.9 Å². The number of imidazole rings is 1. The Hall–Kier alpha value is -1.92. The number of fused-ring (bicyclic) bond motifs is 1.